The zero-order valence-electron chi connectivity index (χ0n) is 11.2. The van der Waals surface area contributed by atoms with Crippen molar-refractivity contribution in [3.8, 4) is 0 Å². The molecule has 0 heteroatoms. The Balaban J connectivity index is 1.87. The first-order valence-electron chi connectivity index (χ1n) is 7.30. The van der Waals surface area contributed by atoms with Crippen LogP contribution in [0, 0.1) is 0 Å². The van der Waals surface area contributed by atoms with Gasteiger partial charge in [0.15, 0.2) is 0 Å². The Morgan fingerprint density at radius 3 is 3.00 bits per heavy atom. The van der Waals surface area contributed by atoms with Crippen LogP contribution in [0.3, 0.4) is 0 Å². The van der Waals surface area contributed by atoms with Crippen molar-refractivity contribution < 1.29 is 0 Å². The molecule has 0 saturated carbocycles. The highest BCUT2D eigenvalue weighted by Crippen LogP contribution is 2.38. The maximum atomic E-state index is 2.35. The molecule has 0 unspecified atom stereocenters. The molecular weight excluding hydrogens is 228 g/mol. The predicted octanol–water partition coefficient (Wildman–Crippen LogP) is 4.63. The Kier molecular flexibility index (Phi) is 2.55. The van der Waals surface area contributed by atoms with Crippen LogP contribution in [0.15, 0.2) is 36.4 Å². The Hall–Kier alpha value is -1.82. The summed E-state index contributed by atoms with van der Waals surface area (Å²) in [5.41, 5.74) is 9.36. The maximum absolute atomic E-state index is 2.35. The van der Waals surface area contributed by atoms with Gasteiger partial charge in [-0.15, -0.1) is 46.6 Å². The Bertz CT molecular complexity index is 605. The summed E-state index contributed by atoms with van der Waals surface area (Å²) < 4.78 is 0. The molecule has 0 amide bonds. The molecular formula is C19H18-2. The summed E-state index contributed by atoms with van der Waals surface area (Å²) in [5, 5.41) is 0. The predicted molar refractivity (Wildman–Crippen MR) is 81.6 cm³/mol. The van der Waals surface area contributed by atoms with Crippen molar-refractivity contribution in [2.24, 2.45) is 0 Å². The van der Waals surface area contributed by atoms with Gasteiger partial charge in [0.2, 0.25) is 0 Å². The minimum absolute atomic E-state index is 1.12. The van der Waals surface area contributed by atoms with Crippen LogP contribution in [0.4, 0.5) is 0 Å². The van der Waals surface area contributed by atoms with Gasteiger partial charge in [0, 0.05) is 0 Å². The average molecular weight is 246 g/mol. The largest absolute Gasteiger partial charge is 0.213 e. The molecule has 19 heavy (non-hydrogen) atoms. The third-order valence-electron chi connectivity index (χ3n) is 4.47. The van der Waals surface area contributed by atoms with E-state index in [1.165, 1.54) is 42.4 Å². The molecule has 2 aliphatic carbocycles. The third kappa shape index (κ3) is 1.74. The number of hydrogen-bond donors (Lipinski definition) is 0. The van der Waals surface area contributed by atoms with Crippen molar-refractivity contribution in [2.75, 3.05) is 0 Å². The number of hydrogen-bond acceptors (Lipinski definition) is 0. The first-order chi connectivity index (χ1) is 9.43. The molecule has 0 spiro atoms. The summed E-state index contributed by atoms with van der Waals surface area (Å²) in [7, 11) is 0. The smallest absolute Gasteiger partial charge is 0.0446 e. The fourth-order valence-electron chi connectivity index (χ4n) is 3.59. The van der Waals surface area contributed by atoms with E-state index in [1.54, 1.807) is 16.7 Å². The molecule has 96 valence electrons. The fraction of sp³-hybridized carbons (Fsp3) is 0.263. The molecule has 0 saturated heterocycles. The van der Waals surface area contributed by atoms with E-state index in [2.05, 4.69) is 48.6 Å². The van der Waals surface area contributed by atoms with E-state index in [0.717, 1.165) is 6.42 Å². The Morgan fingerprint density at radius 1 is 1.16 bits per heavy atom. The summed E-state index contributed by atoms with van der Waals surface area (Å²) in [6.07, 6.45) is 15.3. The molecule has 0 aliphatic heterocycles. The van der Waals surface area contributed by atoms with Gasteiger partial charge in [0.05, 0.1) is 0 Å². The SMILES string of the molecule is C1=Cc2c(c(Cc3ccc[cH-]3)c3[c-]2C=CCC3)CC1. The van der Waals surface area contributed by atoms with Crippen LogP contribution in [0.1, 0.15) is 46.2 Å². The van der Waals surface area contributed by atoms with Gasteiger partial charge in [-0.05, 0) is 12.8 Å². The molecule has 0 aromatic heterocycles. The van der Waals surface area contributed by atoms with E-state index in [-0.39, 0.29) is 0 Å². The van der Waals surface area contributed by atoms with Crippen LogP contribution in [0.2, 0.25) is 0 Å². The Morgan fingerprint density at radius 2 is 2.11 bits per heavy atom. The van der Waals surface area contributed by atoms with Gasteiger partial charge in [-0.25, -0.2) is 12.1 Å². The van der Waals surface area contributed by atoms with Crippen LogP contribution in [-0.4, -0.2) is 0 Å². The molecule has 0 fully saturated rings. The lowest BCUT2D eigenvalue weighted by atomic mass is 9.94. The highest BCUT2D eigenvalue weighted by Gasteiger charge is 2.15. The van der Waals surface area contributed by atoms with E-state index in [4.69, 9.17) is 0 Å². The zero-order chi connectivity index (χ0) is 12.7. The summed E-state index contributed by atoms with van der Waals surface area (Å²) >= 11 is 0. The second kappa shape index (κ2) is 4.38. The van der Waals surface area contributed by atoms with Crippen LogP contribution < -0.4 is 0 Å². The van der Waals surface area contributed by atoms with Gasteiger partial charge >= 0.3 is 0 Å². The summed E-state index contributed by atoms with van der Waals surface area (Å²) in [6, 6.07) is 8.81. The van der Waals surface area contributed by atoms with Crippen LogP contribution in [-0.2, 0) is 19.3 Å². The topological polar surface area (TPSA) is 0 Å². The summed E-state index contributed by atoms with van der Waals surface area (Å²) in [5.74, 6) is 0. The minimum atomic E-state index is 1.12. The molecule has 0 atom stereocenters. The van der Waals surface area contributed by atoms with Crippen molar-refractivity contribution in [1.29, 1.82) is 0 Å². The highest BCUT2D eigenvalue weighted by atomic mass is 14.3. The second-order valence-corrected chi connectivity index (χ2v) is 5.62. The minimum Gasteiger partial charge on any atom is -0.213 e. The van der Waals surface area contributed by atoms with Crippen LogP contribution >= 0.6 is 0 Å². The molecule has 4 rings (SSSR count). The molecule has 0 bridgehead atoms. The molecule has 0 heterocycles. The van der Waals surface area contributed by atoms with Crippen molar-refractivity contribution in [3.05, 3.63) is 69.8 Å². The first kappa shape index (κ1) is 11.0. The highest BCUT2D eigenvalue weighted by molar-refractivity contribution is 5.77. The van der Waals surface area contributed by atoms with Gasteiger partial charge in [-0.2, -0.15) is 17.7 Å². The first-order valence-corrected chi connectivity index (χ1v) is 7.30. The van der Waals surface area contributed by atoms with Crippen molar-refractivity contribution in [2.45, 2.75) is 32.1 Å². The van der Waals surface area contributed by atoms with E-state index < -0.39 is 0 Å². The maximum Gasteiger partial charge on any atom is -0.0446 e. The molecule has 0 radical (unpaired) electrons. The lowest BCUT2D eigenvalue weighted by Crippen LogP contribution is -1.98. The summed E-state index contributed by atoms with van der Waals surface area (Å²) in [6.45, 7) is 0. The van der Waals surface area contributed by atoms with Gasteiger partial charge in [-0.3, -0.25) is 0 Å². The van der Waals surface area contributed by atoms with E-state index >= 15 is 0 Å². The number of fused-ring (bicyclic) bond motifs is 3. The standard InChI is InChI=1S/C19H18/c1-2-8-14(7-1)13-19-17-11-5-3-9-15(17)16-10-4-6-12-18(16)19/h1-4,7-10H,5-6,11-13H2/q-2. The normalized spacial score (nSPS) is 16.4. The number of allylic oxidation sites excluding steroid dienone is 2. The van der Waals surface area contributed by atoms with Gasteiger partial charge in [0.1, 0.15) is 0 Å². The monoisotopic (exact) mass is 246 g/mol. The summed E-state index contributed by atoms with van der Waals surface area (Å²) in [4.78, 5) is 0. The van der Waals surface area contributed by atoms with E-state index in [9.17, 15) is 0 Å². The van der Waals surface area contributed by atoms with Crippen molar-refractivity contribution in [1.82, 2.24) is 0 Å². The second-order valence-electron chi connectivity index (χ2n) is 5.62. The Labute approximate surface area is 114 Å². The molecule has 2 aromatic rings. The van der Waals surface area contributed by atoms with Gasteiger partial charge < -0.3 is 0 Å². The molecule has 0 nitrogen and oxygen atoms in total. The van der Waals surface area contributed by atoms with Crippen LogP contribution in [0.25, 0.3) is 12.2 Å². The molecule has 2 aromatic carbocycles. The quantitative estimate of drug-likeness (QED) is 0.677. The van der Waals surface area contributed by atoms with E-state index in [1.807, 2.05) is 0 Å². The van der Waals surface area contributed by atoms with Crippen molar-refractivity contribution in [3.63, 3.8) is 0 Å². The van der Waals surface area contributed by atoms with Crippen molar-refractivity contribution >= 4 is 12.2 Å². The lowest BCUT2D eigenvalue weighted by molar-refractivity contribution is 0.939. The van der Waals surface area contributed by atoms with Gasteiger partial charge in [0.25, 0.3) is 0 Å². The molecule has 0 N–H and O–H groups in total. The lowest BCUT2D eigenvalue weighted by Gasteiger charge is -2.18. The number of rotatable bonds is 2. The van der Waals surface area contributed by atoms with Gasteiger partial charge in [-0.1, -0.05) is 24.8 Å². The fourth-order valence-corrected chi connectivity index (χ4v) is 3.59. The third-order valence-corrected chi connectivity index (χ3v) is 4.47. The average Bonchev–Trinajstić information content (AvgIpc) is 3.08. The molecule has 2 aliphatic rings. The zero-order valence-corrected chi connectivity index (χ0v) is 11.2. The van der Waals surface area contributed by atoms with E-state index in [0.29, 0.717) is 0 Å². The van der Waals surface area contributed by atoms with Crippen LogP contribution in [0.5, 0.6) is 0 Å².